The summed E-state index contributed by atoms with van der Waals surface area (Å²) in [6.45, 7) is 1.70. The summed E-state index contributed by atoms with van der Waals surface area (Å²) in [4.78, 5) is 9.33. The summed E-state index contributed by atoms with van der Waals surface area (Å²) in [5.74, 6) is 0.803. The Morgan fingerprint density at radius 1 is 1.37 bits per heavy atom. The summed E-state index contributed by atoms with van der Waals surface area (Å²) in [6.07, 6.45) is 4.71. The Hall–Kier alpha value is -1.66. The van der Waals surface area contributed by atoms with Gasteiger partial charge >= 0.3 is 0 Å². The number of fused-ring (bicyclic) bond motifs is 1. The first-order valence-corrected chi connectivity index (χ1v) is 7.21. The van der Waals surface area contributed by atoms with Gasteiger partial charge in [0.2, 0.25) is 5.28 Å². The van der Waals surface area contributed by atoms with Crippen LogP contribution in [-0.4, -0.2) is 26.3 Å². The second kappa shape index (κ2) is 5.54. The quantitative estimate of drug-likeness (QED) is 0.580. The van der Waals surface area contributed by atoms with Crippen molar-refractivity contribution in [2.75, 3.05) is 11.9 Å². The van der Waals surface area contributed by atoms with Crippen LogP contribution in [0.25, 0.3) is 10.2 Å². The molecule has 0 radical (unpaired) electrons. The highest BCUT2D eigenvalue weighted by Crippen LogP contribution is 2.26. The molecular formula is C12H12ClN5S. The van der Waals surface area contributed by atoms with Gasteiger partial charge in [-0.05, 0) is 35.5 Å². The monoisotopic (exact) mass is 293 g/mol. The van der Waals surface area contributed by atoms with Crippen molar-refractivity contribution in [3.8, 4) is 0 Å². The zero-order chi connectivity index (χ0) is 13.1. The lowest BCUT2D eigenvalue weighted by Gasteiger charge is -2.07. The molecule has 0 aliphatic carbocycles. The predicted octanol–water partition coefficient (Wildman–Crippen LogP) is 3.04. The van der Waals surface area contributed by atoms with Crippen molar-refractivity contribution in [2.45, 2.75) is 13.0 Å². The van der Waals surface area contributed by atoms with Gasteiger partial charge < -0.3 is 5.32 Å². The molecule has 0 amide bonds. The fourth-order valence-electron chi connectivity index (χ4n) is 1.84. The largest absolute Gasteiger partial charge is 0.369 e. The van der Waals surface area contributed by atoms with Gasteiger partial charge in [-0.1, -0.05) is 0 Å². The molecule has 0 saturated heterocycles. The van der Waals surface area contributed by atoms with E-state index in [1.807, 2.05) is 28.4 Å². The molecule has 98 valence electrons. The lowest BCUT2D eigenvalue weighted by atomic mass is 10.3. The summed E-state index contributed by atoms with van der Waals surface area (Å²) < 4.78 is 1.91. The third-order valence-electron chi connectivity index (χ3n) is 2.71. The minimum atomic E-state index is 0.282. The SMILES string of the molecule is Clc1nc(NCCCn2cccn2)c2ccsc2n1. The van der Waals surface area contributed by atoms with E-state index in [2.05, 4.69) is 20.4 Å². The van der Waals surface area contributed by atoms with Crippen molar-refractivity contribution in [3.05, 3.63) is 35.2 Å². The summed E-state index contributed by atoms with van der Waals surface area (Å²) in [5.41, 5.74) is 0. The van der Waals surface area contributed by atoms with Gasteiger partial charge in [-0.25, -0.2) is 9.97 Å². The highest BCUT2D eigenvalue weighted by Gasteiger charge is 2.06. The number of aromatic nitrogens is 4. The number of halogens is 1. The molecule has 0 atom stereocenters. The molecule has 3 heterocycles. The third-order valence-corrected chi connectivity index (χ3v) is 3.69. The summed E-state index contributed by atoms with van der Waals surface area (Å²) in [7, 11) is 0. The van der Waals surface area contributed by atoms with Crippen LogP contribution in [0.1, 0.15) is 6.42 Å². The molecule has 0 aromatic carbocycles. The Labute approximate surface area is 119 Å². The van der Waals surface area contributed by atoms with E-state index >= 15 is 0 Å². The van der Waals surface area contributed by atoms with E-state index in [0.29, 0.717) is 0 Å². The van der Waals surface area contributed by atoms with Crippen LogP contribution in [0.3, 0.4) is 0 Å². The van der Waals surface area contributed by atoms with E-state index in [0.717, 1.165) is 35.5 Å². The van der Waals surface area contributed by atoms with E-state index in [-0.39, 0.29) is 5.28 Å². The van der Waals surface area contributed by atoms with Gasteiger partial charge in [0.05, 0.1) is 5.39 Å². The van der Waals surface area contributed by atoms with Crippen molar-refractivity contribution in [1.29, 1.82) is 0 Å². The molecule has 3 aromatic rings. The molecule has 7 heteroatoms. The van der Waals surface area contributed by atoms with Crippen LogP contribution < -0.4 is 5.32 Å². The van der Waals surface area contributed by atoms with E-state index in [1.54, 1.807) is 17.5 Å². The molecule has 3 aromatic heterocycles. The number of anilines is 1. The molecule has 0 fully saturated rings. The maximum Gasteiger partial charge on any atom is 0.225 e. The van der Waals surface area contributed by atoms with Crippen molar-refractivity contribution in [1.82, 2.24) is 19.7 Å². The lowest BCUT2D eigenvalue weighted by molar-refractivity contribution is 0.591. The normalized spacial score (nSPS) is 11.0. The van der Waals surface area contributed by atoms with Crippen molar-refractivity contribution >= 4 is 39.0 Å². The Balaban J connectivity index is 1.63. The molecule has 0 aliphatic rings. The van der Waals surface area contributed by atoms with Gasteiger partial charge in [0.15, 0.2) is 0 Å². The van der Waals surface area contributed by atoms with Gasteiger partial charge in [0.1, 0.15) is 10.6 Å². The van der Waals surface area contributed by atoms with E-state index in [1.165, 1.54) is 0 Å². The Morgan fingerprint density at radius 2 is 2.32 bits per heavy atom. The van der Waals surface area contributed by atoms with E-state index in [4.69, 9.17) is 11.6 Å². The molecule has 1 N–H and O–H groups in total. The van der Waals surface area contributed by atoms with E-state index < -0.39 is 0 Å². The van der Waals surface area contributed by atoms with Gasteiger partial charge in [0, 0.05) is 25.5 Å². The van der Waals surface area contributed by atoms with Crippen LogP contribution in [0.4, 0.5) is 5.82 Å². The predicted molar refractivity (Wildman–Crippen MR) is 77.8 cm³/mol. The van der Waals surface area contributed by atoms with Crippen LogP contribution in [0.15, 0.2) is 29.9 Å². The average Bonchev–Trinajstić information content (AvgIpc) is 3.04. The highest BCUT2D eigenvalue weighted by molar-refractivity contribution is 7.16. The van der Waals surface area contributed by atoms with Gasteiger partial charge in [-0.2, -0.15) is 5.10 Å². The van der Waals surface area contributed by atoms with Crippen LogP contribution >= 0.6 is 22.9 Å². The maximum absolute atomic E-state index is 5.91. The standard InChI is InChI=1S/C12H12ClN5S/c13-12-16-10(9-3-8-19-11(9)17-12)14-4-1-6-18-7-2-5-15-18/h2-3,5,7-8H,1,4,6H2,(H,14,16,17). The molecule has 19 heavy (non-hydrogen) atoms. The third kappa shape index (κ3) is 2.85. The summed E-state index contributed by atoms with van der Waals surface area (Å²) in [6, 6.07) is 3.93. The zero-order valence-electron chi connectivity index (χ0n) is 10.1. The Morgan fingerprint density at radius 3 is 3.16 bits per heavy atom. The number of aryl methyl sites for hydroxylation is 1. The van der Waals surface area contributed by atoms with Crippen LogP contribution in [0.2, 0.25) is 5.28 Å². The minimum absolute atomic E-state index is 0.282. The maximum atomic E-state index is 5.91. The molecule has 0 aliphatic heterocycles. The molecule has 0 unspecified atom stereocenters. The second-order valence-corrected chi connectivity index (χ2v) is 5.26. The number of nitrogens with one attached hydrogen (secondary N) is 1. The molecule has 0 saturated carbocycles. The van der Waals surface area contributed by atoms with Crippen molar-refractivity contribution < 1.29 is 0 Å². The molecular weight excluding hydrogens is 282 g/mol. The van der Waals surface area contributed by atoms with Crippen molar-refractivity contribution in [3.63, 3.8) is 0 Å². The fraction of sp³-hybridized carbons (Fsp3) is 0.250. The zero-order valence-corrected chi connectivity index (χ0v) is 11.7. The van der Waals surface area contributed by atoms with Crippen molar-refractivity contribution in [2.24, 2.45) is 0 Å². The molecule has 5 nitrogen and oxygen atoms in total. The fourth-order valence-corrected chi connectivity index (χ4v) is 2.83. The minimum Gasteiger partial charge on any atom is -0.369 e. The van der Waals surface area contributed by atoms with Crippen LogP contribution in [-0.2, 0) is 6.54 Å². The molecule has 3 rings (SSSR count). The second-order valence-electron chi connectivity index (χ2n) is 4.03. The molecule has 0 spiro atoms. The first-order valence-electron chi connectivity index (χ1n) is 5.95. The number of thiophene rings is 1. The van der Waals surface area contributed by atoms with Crippen LogP contribution in [0.5, 0.6) is 0 Å². The lowest BCUT2D eigenvalue weighted by Crippen LogP contribution is -2.08. The first kappa shape index (κ1) is 12.4. The van der Waals surface area contributed by atoms with Gasteiger partial charge in [-0.15, -0.1) is 11.3 Å². The highest BCUT2D eigenvalue weighted by atomic mass is 35.5. The summed E-state index contributed by atoms with van der Waals surface area (Å²) >= 11 is 7.47. The number of rotatable bonds is 5. The van der Waals surface area contributed by atoms with Gasteiger partial charge in [0.25, 0.3) is 0 Å². The number of hydrogen-bond donors (Lipinski definition) is 1. The van der Waals surface area contributed by atoms with E-state index in [9.17, 15) is 0 Å². The van der Waals surface area contributed by atoms with Gasteiger partial charge in [-0.3, -0.25) is 4.68 Å². The van der Waals surface area contributed by atoms with Crippen LogP contribution in [0, 0.1) is 0 Å². The first-order chi connectivity index (χ1) is 9.33. The Kier molecular flexibility index (Phi) is 3.61. The number of nitrogens with zero attached hydrogens (tertiary/aromatic N) is 4. The Bertz CT molecular complexity index is 664. The molecule has 0 bridgehead atoms. The number of hydrogen-bond acceptors (Lipinski definition) is 5. The smallest absolute Gasteiger partial charge is 0.225 e. The average molecular weight is 294 g/mol. The topological polar surface area (TPSA) is 55.6 Å². The summed E-state index contributed by atoms with van der Waals surface area (Å²) in [5, 5.41) is 10.8.